The fourth-order valence-corrected chi connectivity index (χ4v) is 2.60. The lowest BCUT2D eigenvalue weighted by molar-refractivity contribution is 0.0948. The summed E-state index contributed by atoms with van der Waals surface area (Å²) in [5.41, 5.74) is 1.29. The van der Waals surface area contributed by atoms with Crippen LogP contribution in [0.3, 0.4) is 0 Å². The van der Waals surface area contributed by atoms with E-state index in [2.05, 4.69) is 15.8 Å². The van der Waals surface area contributed by atoms with Crippen LogP contribution in [-0.4, -0.2) is 30.7 Å². The fourth-order valence-electron chi connectivity index (χ4n) is 2.60. The van der Waals surface area contributed by atoms with Gasteiger partial charge in [-0.05, 0) is 45.2 Å². The average molecular weight is 265 g/mol. The number of amides is 1. The first-order valence-electron chi connectivity index (χ1n) is 7.16. The van der Waals surface area contributed by atoms with Crippen molar-refractivity contribution < 1.29 is 9.32 Å². The van der Waals surface area contributed by atoms with Gasteiger partial charge < -0.3 is 15.2 Å². The molecule has 2 N–H and O–H groups in total. The van der Waals surface area contributed by atoms with Crippen molar-refractivity contribution in [2.75, 3.05) is 19.6 Å². The van der Waals surface area contributed by atoms with Gasteiger partial charge >= 0.3 is 0 Å². The number of aryl methyl sites for hydroxylation is 2. The summed E-state index contributed by atoms with van der Waals surface area (Å²) in [7, 11) is 0. The van der Waals surface area contributed by atoms with Crippen LogP contribution in [0.5, 0.6) is 0 Å². The summed E-state index contributed by atoms with van der Waals surface area (Å²) in [6.45, 7) is 6.69. The number of nitrogens with zero attached hydrogens (tertiary/aromatic N) is 1. The molecule has 2 heterocycles. The largest absolute Gasteiger partial charge is 0.360 e. The van der Waals surface area contributed by atoms with E-state index in [1.54, 1.807) is 0 Å². The summed E-state index contributed by atoms with van der Waals surface area (Å²) in [5, 5.41) is 10.2. The van der Waals surface area contributed by atoms with Gasteiger partial charge in [0.25, 0.3) is 5.91 Å². The zero-order valence-corrected chi connectivity index (χ0v) is 11.8. The van der Waals surface area contributed by atoms with Crippen molar-refractivity contribution in [3.63, 3.8) is 0 Å². The highest BCUT2D eigenvalue weighted by molar-refractivity contribution is 5.96. The summed E-state index contributed by atoms with van der Waals surface area (Å²) < 4.78 is 5.14. The minimum atomic E-state index is -0.0561. The van der Waals surface area contributed by atoms with Gasteiger partial charge in [0.05, 0.1) is 5.69 Å². The van der Waals surface area contributed by atoms with Crippen molar-refractivity contribution in [1.29, 1.82) is 0 Å². The second-order valence-corrected chi connectivity index (χ2v) is 5.18. The highest BCUT2D eigenvalue weighted by Crippen LogP contribution is 2.15. The molecular formula is C14H23N3O2. The highest BCUT2D eigenvalue weighted by atomic mass is 16.5. The van der Waals surface area contributed by atoms with Crippen LogP contribution in [0.2, 0.25) is 0 Å². The maximum Gasteiger partial charge on any atom is 0.256 e. The number of hydrogen-bond acceptors (Lipinski definition) is 4. The Bertz CT molecular complexity index is 422. The summed E-state index contributed by atoms with van der Waals surface area (Å²) >= 11 is 0. The molecule has 1 aromatic heterocycles. The molecule has 1 aliphatic rings. The Morgan fingerprint density at radius 2 is 2.42 bits per heavy atom. The standard InChI is InChI=1S/C14H23N3O2/c1-3-12-13(10(2)17-19-12)14(18)16-8-6-11-5-4-7-15-9-11/h11,15H,3-9H2,1-2H3,(H,16,18). The number of carbonyl (C=O) groups is 1. The molecule has 1 unspecified atom stereocenters. The van der Waals surface area contributed by atoms with Gasteiger partial charge in [-0.15, -0.1) is 0 Å². The Labute approximate surface area is 114 Å². The van der Waals surface area contributed by atoms with Crippen LogP contribution in [0.15, 0.2) is 4.52 Å². The molecule has 5 heteroatoms. The van der Waals surface area contributed by atoms with Crippen molar-refractivity contribution in [3.8, 4) is 0 Å². The Hall–Kier alpha value is -1.36. The van der Waals surface area contributed by atoms with E-state index in [9.17, 15) is 4.79 Å². The molecule has 1 amide bonds. The lowest BCUT2D eigenvalue weighted by atomic mass is 9.96. The van der Waals surface area contributed by atoms with Crippen molar-refractivity contribution in [2.24, 2.45) is 5.92 Å². The van der Waals surface area contributed by atoms with Crippen molar-refractivity contribution in [1.82, 2.24) is 15.8 Å². The van der Waals surface area contributed by atoms with Gasteiger partial charge in [-0.3, -0.25) is 4.79 Å². The second-order valence-electron chi connectivity index (χ2n) is 5.18. The number of rotatable bonds is 5. The van der Waals surface area contributed by atoms with Crippen LogP contribution in [0.25, 0.3) is 0 Å². The van der Waals surface area contributed by atoms with Gasteiger partial charge in [0.1, 0.15) is 11.3 Å². The first kappa shape index (κ1) is 14.1. The molecule has 106 valence electrons. The second kappa shape index (κ2) is 6.70. The maximum atomic E-state index is 12.1. The van der Waals surface area contributed by atoms with Gasteiger partial charge in [-0.2, -0.15) is 0 Å². The fraction of sp³-hybridized carbons (Fsp3) is 0.714. The molecule has 1 atom stereocenters. The topological polar surface area (TPSA) is 67.2 Å². The van der Waals surface area contributed by atoms with Crippen LogP contribution in [-0.2, 0) is 6.42 Å². The van der Waals surface area contributed by atoms with E-state index in [0.717, 1.165) is 26.1 Å². The average Bonchev–Trinajstić information content (AvgIpc) is 2.81. The SMILES string of the molecule is CCc1onc(C)c1C(=O)NCCC1CCCNC1. The molecule has 0 bridgehead atoms. The molecule has 0 radical (unpaired) electrons. The minimum absolute atomic E-state index is 0.0561. The molecule has 1 aromatic rings. The summed E-state index contributed by atoms with van der Waals surface area (Å²) in [4.78, 5) is 12.1. The van der Waals surface area contributed by atoms with E-state index in [0.29, 0.717) is 29.4 Å². The van der Waals surface area contributed by atoms with Gasteiger partial charge in [0.15, 0.2) is 0 Å². The molecule has 2 rings (SSSR count). The molecule has 0 spiro atoms. The minimum Gasteiger partial charge on any atom is -0.360 e. The quantitative estimate of drug-likeness (QED) is 0.849. The predicted octanol–water partition coefficient (Wildman–Crippen LogP) is 1.66. The summed E-state index contributed by atoms with van der Waals surface area (Å²) in [5.74, 6) is 1.30. The van der Waals surface area contributed by atoms with E-state index in [1.165, 1.54) is 12.8 Å². The number of carbonyl (C=O) groups excluding carboxylic acids is 1. The molecule has 1 aliphatic heterocycles. The zero-order chi connectivity index (χ0) is 13.7. The molecule has 1 fully saturated rings. The van der Waals surface area contributed by atoms with E-state index in [4.69, 9.17) is 4.52 Å². The first-order chi connectivity index (χ1) is 9.22. The third kappa shape index (κ3) is 3.56. The first-order valence-corrected chi connectivity index (χ1v) is 7.16. The van der Waals surface area contributed by atoms with Crippen LogP contribution in [0.4, 0.5) is 0 Å². The predicted molar refractivity (Wildman–Crippen MR) is 73.2 cm³/mol. The van der Waals surface area contributed by atoms with Crippen LogP contribution in [0.1, 0.15) is 48.0 Å². The number of aromatic nitrogens is 1. The van der Waals surface area contributed by atoms with E-state index in [1.807, 2.05) is 13.8 Å². The third-order valence-corrected chi connectivity index (χ3v) is 3.72. The summed E-state index contributed by atoms with van der Waals surface area (Å²) in [6, 6.07) is 0. The van der Waals surface area contributed by atoms with Crippen molar-refractivity contribution in [3.05, 3.63) is 17.0 Å². The maximum absolute atomic E-state index is 12.1. The lowest BCUT2D eigenvalue weighted by Gasteiger charge is -2.22. The van der Waals surface area contributed by atoms with E-state index < -0.39 is 0 Å². The molecule has 19 heavy (non-hydrogen) atoms. The molecular weight excluding hydrogens is 242 g/mol. The van der Waals surface area contributed by atoms with Gasteiger partial charge in [0, 0.05) is 13.0 Å². The van der Waals surface area contributed by atoms with Crippen LogP contribution in [0, 0.1) is 12.8 Å². The van der Waals surface area contributed by atoms with Crippen LogP contribution < -0.4 is 10.6 Å². The van der Waals surface area contributed by atoms with Crippen LogP contribution >= 0.6 is 0 Å². The van der Waals surface area contributed by atoms with Gasteiger partial charge in [-0.25, -0.2) is 0 Å². The normalized spacial score (nSPS) is 19.4. The molecule has 0 saturated carbocycles. The summed E-state index contributed by atoms with van der Waals surface area (Å²) in [6.07, 6.45) is 4.22. The Balaban J connectivity index is 1.82. The number of nitrogens with one attached hydrogen (secondary N) is 2. The molecule has 5 nitrogen and oxygen atoms in total. The van der Waals surface area contributed by atoms with Gasteiger partial charge in [-0.1, -0.05) is 12.1 Å². The van der Waals surface area contributed by atoms with E-state index in [-0.39, 0.29) is 5.91 Å². The smallest absolute Gasteiger partial charge is 0.256 e. The number of hydrogen-bond donors (Lipinski definition) is 2. The van der Waals surface area contributed by atoms with Crippen molar-refractivity contribution >= 4 is 5.91 Å². The molecule has 0 aliphatic carbocycles. The monoisotopic (exact) mass is 265 g/mol. The van der Waals surface area contributed by atoms with E-state index >= 15 is 0 Å². The zero-order valence-electron chi connectivity index (χ0n) is 11.8. The Morgan fingerprint density at radius 3 is 3.11 bits per heavy atom. The Morgan fingerprint density at radius 1 is 1.58 bits per heavy atom. The number of piperidine rings is 1. The lowest BCUT2D eigenvalue weighted by Crippen LogP contribution is -2.33. The third-order valence-electron chi connectivity index (χ3n) is 3.72. The molecule has 1 saturated heterocycles. The van der Waals surface area contributed by atoms with Crippen molar-refractivity contribution in [2.45, 2.75) is 39.5 Å². The molecule has 0 aromatic carbocycles. The highest BCUT2D eigenvalue weighted by Gasteiger charge is 2.19. The van der Waals surface area contributed by atoms with Gasteiger partial charge in [0.2, 0.25) is 0 Å². The Kier molecular flexibility index (Phi) is 4.96.